The Morgan fingerprint density at radius 3 is 2.67 bits per heavy atom. The highest BCUT2D eigenvalue weighted by molar-refractivity contribution is 5.91. The minimum atomic E-state index is -0.0665. The van der Waals surface area contributed by atoms with E-state index in [2.05, 4.69) is 5.32 Å². The molecule has 2 rings (SSSR count). The van der Waals surface area contributed by atoms with Gasteiger partial charge in [-0.15, -0.1) is 0 Å². The summed E-state index contributed by atoms with van der Waals surface area (Å²) in [5.74, 6) is 0.704. The Labute approximate surface area is 124 Å². The topological polar surface area (TPSA) is 64.3 Å². The van der Waals surface area contributed by atoms with Crippen LogP contribution in [0, 0.1) is 6.92 Å². The van der Waals surface area contributed by atoms with Gasteiger partial charge in [0.1, 0.15) is 5.75 Å². The van der Waals surface area contributed by atoms with E-state index in [-0.39, 0.29) is 5.91 Å². The third kappa shape index (κ3) is 4.61. The summed E-state index contributed by atoms with van der Waals surface area (Å²) in [7, 11) is 0. The molecule has 0 radical (unpaired) electrons. The first kappa shape index (κ1) is 15.1. The van der Waals surface area contributed by atoms with Crippen LogP contribution in [0.5, 0.6) is 5.75 Å². The van der Waals surface area contributed by atoms with E-state index in [1.54, 1.807) is 0 Å². The number of amides is 1. The molecule has 2 aromatic rings. The minimum Gasteiger partial charge on any atom is -0.493 e. The van der Waals surface area contributed by atoms with Gasteiger partial charge < -0.3 is 15.8 Å². The Hall–Kier alpha value is -2.33. The zero-order chi connectivity index (χ0) is 15.1. The van der Waals surface area contributed by atoms with Crippen LogP contribution in [0.25, 0.3) is 0 Å². The van der Waals surface area contributed by atoms with Crippen molar-refractivity contribution in [1.82, 2.24) is 0 Å². The fourth-order valence-electron chi connectivity index (χ4n) is 1.92. The molecule has 0 heterocycles. The normalized spacial score (nSPS) is 10.2. The predicted molar refractivity (Wildman–Crippen MR) is 84.3 cm³/mol. The van der Waals surface area contributed by atoms with Crippen molar-refractivity contribution in [3.63, 3.8) is 0 Å². The van der Waals surface area contributed by atoms with Gasteiger partial charge in [-0.1, -0.05) is 30.3 Å². The Kier molecular flexibility index (Phi) is 5.35. The van der Waals surface area contributed by atoms with Gasteiger partial charge in [0.15, 0.2) is 0 Å². The maximum atomic E-state index is 11.9. The largest absolute Gasteiger partial charge is 0.493 e. The molecule has 0 aliphatic rings. The van der Waals surface area contributed by atoms with Gasteiger partial charge in [-0.2, -0.15) is 0 Å². The Balaban J connectivity index is 1.84. The fourth-order valence-corrected chi connectivity index (χ4v) is 1.92. The van der Waals surface area contributed by atoms with Gasteiger partial charge >= 0.3 is 0 Å². The van der Waals surface area contributed by atoms with Crippen molar-refractivity contribution >= 4 is 11.6 Å². The second-order valence-corrected chi connectivity index (χ2v) is 4.81. The average Bonchev–Trinajstić information content (AvgIpc) is 2.50. The number of ether oxygens (including phenoxy) is 1. The molecule has 0 aliphatic heterocycles. The second kappa shape index (κ2) is 7.45. The SMILES string of the molecule is Cc1ccc(CN)cc1NC(=O)CCOc1ccccc1. The van der Waals surface area contributed by atoms with Crippen molar-refractivity contribution in [3.8, 4) is 5.75 Å². The molecule has 0 aromatic heterocycles. The van der Waals surface area contributed by atoms with E-state index >= 15 is 0 Å². The first-order valence-corrected chi connectivity index (χ1v) is 6.96. The van der Waals surface area contributed by atoms with E-state index < -0.39 is 0 Å². The van der Waals surface area contributed by atoms with Gasteiger partial charge in [-0.05, 0) is 36.2 Å². The molecule has 0 saturated heterocycles. The molecule has 3 N–H and O–H groups in total. The molecular formula is C17H20N2O2. The van der Waals surface area contributed by atoms with E-state index in [1.807, 2.05) is 55.5 Å². The fraction of sp³-hybridized carbons (Fsp3) is 0.235. The molecule has 0 fully saturated rings. The number of carbonyl (C=O) groups excluding carboxylic acids is 1. The lowest BCUT2D eigenvalue weighted by Gasteiger charge is -2.10. The highest BCUT2D eigenvalue weighted by Gasteiger charge is 2.06. The van der Waals surface area contributed by atoms with Crippen LogP contribution >= 0.6 is 0 Å². The van der Waals surface area contributed by atoms with Crippen LogP contribution in [-0.2, 0) is 11.3 Å². The second-order valence-electron chi connectivity index (χ2n) is 4.81. The maximum absolute atomic E-state index is 11.9. The molecular weight excluding hydrogens is 264 g/mol. The smallest absolute Gasteiger partial charge is 0.227 e. The first-order valence-electron chi connectivity index (χ1n) is 6.96. The lowest BCUT2D eigenvalue weighted by atomic mass is 10.1. The molecule has 4 nitrogen and oxygen atoms in total. The zero-order valence-electron chi connectivity index (χ0n) is 12.1. The summed E-state index contributed by atoms with van der Waals surface area (Å²) in [5.41, 5.74) is 8.43. The molecule has 0 bridgehead atoms. The number of benzene rings is 2. The monoisotopic (exact) mass is 284 g/mol. The van der Waals surface area contributed by atoms with Crippen LogP contribution < -0.4 is 15.8 Å². The lowest BCUT2D eigenvalue weighted by molar-refractivity contribution is -0.116. The number of nitrogens with two attached hydrogens (primary N) is 1. The number of carbonyl (C=O) groups is 1. The van der Waals surface area contributed by atoms with Crippen LogP contribution in [0.2, 0.25) is 0 Å². The number of para-hydroxylation sites is 1. The Morgan fingerprint density at radius 1 is 1.19 bits per heavy atom. The molecule has 2 aromatic carbocycles. The predicted octanol–water partition coefficient (Wildman–Crippen LogP) is 2.86. The van der Waals surface area contributed by atoms with Gasteiger partial charge in [0.25, 0.3) is 0 Å². The number of nitrogens with one attached hydrogen (secondary N) is 1. The van der Waals surface area contributed by atoms with Crippen LogP contribution in [0.15, 0.2) is 48.5 Å². The standard InChI is InChI=1S/C17H20N2O2/c1-13-7-8-14(12-18)11-16(13)19-17(20)9-10-21-15-5-3-2-4-6-15/h2-8,11H,9-10,12,18H2,1H3,(H,19,20). The lowest BCUT2D eigenvalue weighted by Crippen LogP contribution is -2.16. The Morgan fingerprint density at radius 2 is 1.95 bits per heavy atom. The summed E-state index contributed by atoms with van der Waals surface area (Å²) >= 11 is 0. The third-order valence-electron chi connectivity index (χ3n) is 3.15. The number of hydrogen-bond acceptors (Lipinski definition) is 3. The molecule has 4 heteroatoms. The summed E-state index contributed by atoms with van der Waals surface area (Å²) in [6.45, 7) is 2.77. The summed E-state index contributed by atoms with van der Waals surface area (Å²) in [6, 6.07) is 15.3. The summed E-state index contributed by atoms with van der Waals surface area (Å²) in [5, 5.41) is 2.90. The Bertz CT molecular complexity index is 597. The highest BCUT2D eigenvalue weighted by Crippen LogP contribution is 2.17. The van der Waals surface area contributed by atoms with Crippen molar-refractivity contribution in [1.29, 1.82) is 0 Å². The van der Waals surface area contributed by atoms with Gasteiger partial charge in [0.05, 0.1) is 13.0 Å². The van der Waals surface area contributed by atoms with Gasteiger partial charge in [-0.3, -0.25) is 4.79 Å². The maximum Gasteiger partial charge on any atom is 0.227 e. The zero-order valence-corrected chi connectivity index (χ0v) is 12.1. The van der Waals surface area contributed by atoms with Gasteiger partial charge in [0, 0.05) is 12.2 Å². The summed E-state index contributed by atoms with van der Waals surface area (Å²) in [4.78, 5) is 11.9. The number of anilines is 1. The molecule has 0 atom stereocenters. The molecule has 110 valence electrons. The van der Waals surface area contributed by atoms with Crippen molar-refractivity contribution in [2.45, 2.75) is 19.9 Å². The van der Waals surface area contributed by atoms with Crippen LogP contribution in [0.1, 0.15) is 17.5 Å². The summed E-state index contributed by atoms with van der Waals surface area (Å²) < 4.78 is 5.51. The highest BCUT2D eigenvalue weighted by atomic mass is 16.5. The average molecular weight is 284 g/mol. The van der Waals surface area contributed by atoms with Crippen molar-refractivity contribution in [2.75, 3.05) is 11.9 Å². The molecule has 0 unspecified atom stereocenters. The van der Waals surface area contributed by atoms with E-state index in [0.29, 0.717) is 19.6 Å². The van der Waals surface area contributed by atoms with Crippen molar-refractivity contribution in [2.24, 2.45) is 5.73 Å². The number of hydrogen-bond donors (Lipinski definition) is 2. The first-order chi connectivity index (χ1) is 10.2. The van der Waals surface area contributed by atoms with Crippen LogP contribution in [0.3, 0.4) is 0 Å². The number of aryl methyl sites for hydroxylation is 1. The van der Waals surface area contributed by atoms with E-state index in [1.165, 1.54) is 0 Å². The van der Waals surface area contributed by atoms with Crippen molar-refractivity contribution in [3.05, 3.63) is 59.7 Å². The van der Waals surface area contributed by atoms with E-state index in [4.69, 9.17) is 10.5 Å². The van der Waals surface area contributed by atoms with Crippen LogP contribution in [0.4, 0.5) is 5.69 Å². The van der Waals surface area contributed by atoms with E-state index in [0.717, 1.165) is 22.6 Å². The molecule has 1 amide bonds. The molecule has 21 heavy (non-hydrogen) atoms. The van der Waals surface area contributed by atoms with Gasteiger partial charge in [0.2, 0.25) is 5.91 Å². The van der Waals surface area contributed by atoms with Gasteiger partial charge in [-0.25, -0.2) is 0 Å². The summed E-state index contributed by atoms with van der Waals surface area (Å²) in [6.07, 6.45) is 0.307. The van der Waals surface area contributed by atoms with Crippen LogP contribution in [-0.4, -0.2) is 12.5 Å². The minimum absolute atomic E-state index is 0.0665. The quantitative estimate of drug-likeness (QED) is 0.857. The van der Waals surface area contributed by atoms with Crippen molar-refractivity contribution < 1.29 is 9.53 Å². The molecule has 0 aliphatic carbocycles. The number of rotatable bonds is 6. The molecule has 0 spiro atoms. The third-order valence-corrected chi connectivity index (χ3v) is 3.15. The molecule has 0 saturated carbocycles. The van der Waals surface area contributed by atoms with E-state index in [9.17, 15) is 4.79 Å².